The van der Waals surface area contributed by atoms with E-state index in [0.717, 1.165) is 31.6 Å². The third kappa shape index (κ3) is 5.56. The largest absolute Gasteiger partial charge is 0.382 e. The van der Waals surface area contributed by atoms with Gasteiger partial charge in [-0.1, -0.05) is 23.4 Å². The summed E-state index contributed by atoms with van der Waals surface area (Å²) in [4.78, 5) is 10.1. The first kappa shape index (κ1) is 24.4. The Labute approximate surface area is 211 Å². The first-order valence-corrected chi connectivity index (χ1v) is 12.5. The summed E-state index contributed by atoms with van der Waals surface area (Å²) in [5, 5.41) is 7.09. The molecule has 1 aliphatic heterocycles. The van der Waals surface area contributed by atoms with Crippen molar-refractivity contribution in [3.05, 3.63) is 66.1 Å². The van der Waals surface area contributed by atoms with Gasteiger partial charge in [-0.2, -0.15) is 0 Å². The molecule has 0 bridgehead atoms. The Balaban J connectivity index is 1.35. The average molecular weight is 510 g/mol. The molecule has 186 valence electrons. The molecule has 36 heavy (non-hydrogen) atoms. The Bertz CT molecular complexity index is 1330. The Morgan fingerprint density at radius 3 is 2.61 bits per heavy atom. The zero-order valence-electron chi connectivity index (χ0n) is 19.4. The number of anilines is 1. The molecule has 0 spiro atoms. The van der Waals surface area contributed by atoms with Gasteiger partial charge in [0.1, 0.15) is 18.3 Å². The second-order valence-electron chi connectivity index (χ2n) is 8.39. The highest BCUT2D eigenvalue weighted by molar-refractivity contribution is 8.00. The summed E-state index contributed by atoms with van der Waals surface area (Å²) >= 11 is 1.87. The quantitative estimate of drug-likeness (QED) is 0.302. The molecule has 4 aromatic rings. The third-order valence-corrected chi connectivity index (χ3v) is 7.25. The molecule has 0 atom stereocenters. The molecule has 3 N–H and O–H groups in total. The summed E-state index contributed by atoms with van der Waals surface area (Å²) in [6, 6.07) is 14.4. The fraction of sp³-hybridized carbons (Fsp3) is 0.269. The predicted molar refractivity (Wildman–Crippen MR) is 135 cm³/mol. The molecule has 1 aliphatic rings. The van der Waals surface area contributed by atoms with Crippen molar-refractivity contribution in [3.8, 4) is 34.0 Å². The Morgan fingerprint density at radius 2 is 1.86 bits per heavy atom. The van der Waals surface area contributed by atoms with Gasteiger partial charge in [0.2, 0.25) is 0 Å². The number of halogens is 2. The lowest BCUT2D eigenvalue weighted by Gasteiger charge is -2.21. The van der Waals surface area contributed by atoms with Crippen molar-refractivity contribution in [2.75, 3.05) is 25.7 Å². The maximum Gasteiger partial charge on any atom is 0.189 e. The minimum Gasteiger partial charge on any atom is -0.382 e. The molecule has 5 rings (SSSR count). The monoisotopic (exact) mass is 509 g/mol. The molecule has 10 heteroatoms. The zero-order valence-corrected chi connectivity index (χ0v) is 20.2. The summed E-state index contributed by atoms with van der Waals surface area (Å²) in [6.07, 6.45) is 3.73. The molecule has 0 unspecified atom stereocenters. The van der Waals surface area contributed by atoms with Crippen LogP contribution in [0.4, 0.5) is 14.6 Å². The lowest BCUT2D eigenvalue weighted by atomic mass is 10.1. The summed E-state index contributed by atoms with van der Waals surface area (Å²) in [6.45, 7) is 1.18. The van der Waals surface area contributed by atoms with Crippen LogP contribution >= 0.6 is 11.8 Å². The molecule has 0 saturated carbocycles. The van der Waals surface area contributed by atoms with E-state index in [0.29, 0.717) is 27.9 Å². The van der Waals surface area contributed by atoms with Gasteiger partial charge < -0.3 is 15.0 Å². The molecular formula is C26H25F2N5O2S. The van der Waals surface area contributed by atoms with E-state index in [4.69, 9.17) is 15.0 Å². The van der Waals surface area contributed by atoms with E-state index in [1.807, 2.05) is 23.9 Å². The van der Waals surface area contributed by atoms with Gasteiger partial charge in [-0.05, 0) is 42.7 Å². The van der Waals surface area contributed by atoms with Crippen molar-refractivity contribution in [1.29, 1.82) is 0 Å². The van der Waals surface area contributed by atoms with Crippen LogP contribution < -0.4 is 11.1 Å². The summed E-state index contributed by atoms with van der Waals surface area (Å²) < 4.78 is 37.9. The van der Waals surface area contributed by atoms with Crippen LogP contribution in [0.25, 0.3) is 34.0 Å². The normalized spacial score (nSPS) is 14.3. The number of rotatable bonds is 8. The van der Waals surface area contributed by atoms with Gasteiger partial charge in [0.05, 0.1) is 11.9 Å². The van der Waals surface area contributed by atoms with Crippen molar-refractivity contribution >= 4 is 17.6 Å². The minimum absolute atomic E-state index is 0.182. The number of thioether (sulfide) groups is 1. The number of ether oxygens (including phenoxy) is 1. The second-order valence-corrected chi connectivity index (χ2v) is 9.77. The number of alkyl halides is 1. The lowest BCUT2D eigenvalue weighted by Crippen LogP contribution is -2.17. The number of nitrogens with zero attached hydrogens (tertiary/aromatic N) is 3. The SMILES string of the molecule is Nc1ncc(-c2ccc(SC3CCOCC3)cc2)nc1-c1cc(-c2ccc(CNCF)cc2F)no1. The highest BCUT2D eigenvalue weighted by Crippen LogP contribution is 2.33. The number of benzene rings is 2. The fourth-order valence-corrected chi connectivity index (χ4v) is 5.10. The highest BCUT2D eigenvalue weighted by atomic mass is 32.2. The molecule has 3 heterocycles. The third-order valence-electron chi connectivity index (χ3n) is 5.90. The Hall–Kier alpha value is -3.34. The molecule has 7 nitrogen and oxygen atoms in total. The van der Waals surface area contributed by atoms with E-state index in [9.17, 15) is 8.78 Å². The molecule has 2 aromatic heterocycles. The standard InChI is InChI=1S/C26H25F2N5O2S/c27-15-30-13-16-1-6-20(21(28)11-16)22-12-24(35-33-22)25-26(29)31-14-23(32-25)17-2-4-18(5-3-17)36-19-7-9-34-10-8-19/h1-6,11-12,14,19,30H,7-10,13,15H2,(H2,29,31). The number of hydrogen-bond acceptors (Lipinski definition) is 8. The number of aromatic nitrogens is 3. The van der Waals surface area contributed by atoms with E-state index < -0.39 is 12.6 Å². The fourth-order valence-electron chi connectivity index (χ4n) is 3.99. The van der Waals surface area contributed by atoms with Gasteiger partial charge >= 0.3 is 0 Å². The molecule has 0 amide bonds. The van der Waals surface area contributed by atoms with Gasteiger partial charge in [-0.15, -0.1) is 11.8 Å². The van der Waals surface area contributed by atoms with Crippen molar-refractivity contribution in [2.24, 2.45) is 0 Å². The minimum atomic E-state index is -0.684. The Kier molecular flexibility index (Phi) is 7.55. The van der Waals surface area contributed by atoms with Crippen LogP contribution in [-0.2, 0) is 11.3 Å². The van der Waals surface area contributed by atoms with E-state index >= 15 is 0 Å². The first-order chi connectivity index (χ1) is 17.6. The highest BCUT2D eigenvalue weighted by Gasteiger charge is 2.18. The molecule has 1 saturated heterocycles. The van der Waals surface area contributed by atoms with Gasteiger partial charge in [-0.3, -0.25) is 5.32 Å². The lowest BCUT2D eigenvalue weighted by molar-refractivity contribution is 0.100. The predicted octanol–water partition coefficient (Wildman–Crippen LogP) is 5.47. The van der Waals surface area contributed by atoms with E-state index in [1.54, 1.807) is 24.4 Å². The van der Waals surface area contributed by atoms with Gasteiger partial charge in [0, 0.05) is 47.1 Å². The summed E-state index contributed by atoms with van der Waals surface area (Å²) in [7, 11) is 0. The summed E-state index contributed by atoms with van der Waals surface area (Å²) in [5.74, 6) is -0.0214. The zero-order chi connectivity index (χ0) is 24.9. The number of nitrogens with two attached hydrogens (primary N) is 1. The molecule has 2 aromatic carbocycles. The topological polar surface area (TPSA) is 99.1 Å². The van der Waals surface area contributed by atoms with Gasteiger partial charge in [0.25, 0.3) is 0 Å². The smallest absolute Gasteiger partial charge is 0.189 e. The number of nitrogens with one attached hydrogen (secondary N) is 1. The molecule has 0 radical (unpaired) electrons. The van der Waals surface area contributed by atoms with Crippen molar-refractivity contribution < 1.29 is 18.0 Å². The maximum absolute atomic E-state index is 14.7. The van der Waals surface area contributed by atoms with Crippen molar-refractivity contribution in [3.63, 3.8) is 0 Å². The maximum atomic E-state index is 14.7. The Morgan fingerprint density at radius 1 is 1.06 bits per heavy atom. The van der Waals surface area contributed by atoms with Crippen LogP contribution in [0.2, 0.25) is 0 Å². The second kappa shape index (κ2) is 11.2. The number of hydrogen-bond donors (Lipinski definition) is 2. The van der Waals surface area contributed by atoms with Crippen molar-refractivity contribution in [2.45, 2.75) is 29.5 Å². The first-order valence-electron chi connectivity index (χ1n) is 11.6. The molecule has 0 aliphatic carbocycles. The van der Waals surface area contributed by atoms with Crippen LogP contribution in [0.3, 0.4) is 0 Å². The number of nitrogen functional groups attached to an aromatic ring is 1. The molecular weight excluding hydrogens is 484 g/mol. The van der Waals surface area contributed by atoms with Crippen LogP contribution in [-0.4, -0.2) is 40.4 Å². The average Bonchev–Trinajstić information content (AvgIpc) is 3.39. The van der Waals surface area contributed by atoms with Gasteiger partial charge in [-0.25, -0.2) is 18.7 Å². The molecule has 1 fully saturated rings. The van der Waals surface area contributed by atoms with E-state index in [2.05, 4.69) is 32.6 Å². The van der Waals surface area contributed by atoms with Crippen LogP contribution in [0.1, 0.15) is 18.4 Å². The van der Waals surface area contributed by atoms with Crippen molar-refractivity contribution in [1.82, 2.24) is 20.4 Å². The summed E-state index contributed by atoms with van der Waals surface area (Å²) in [5.41, 5.74) is 9.12. The van der Waals surface area contributed by atoms with Crippen LogP contribution in [0.5, 0.6) is 0 Å². The van der Waals surface area contributed by atoms with Crippen LogP contribution in [0.15, 0.2) is 64.1 Å². The van der Waals surface area contributed by atoms with E-state index in [1.165, 1.54) is 11.0 Å². The van der Waals surface area contributed by atoms with Crippen LogP contribution in [0, 0.1) is 5.82 Å². The van der Waals surface area contributed by atoms with E-state index in [-0.39, 0.29) is 23.7 Å². The van der Waals surface area contributed by atoms with Gasteiger partial charge in [0.15, 0.2) is 17.3 Å².